The molecule has 0 aromatic heterocycles. The van der Waals surface area contributed by atoms with Crippen molar-refractivity contribution in [1.29, 1.82) is 0 Å². The van der Waals surface area contributed by atoms with Crippen LogP contribution in [0.15, 0.2) is 72.8 Å². The van der Waals surface area contributed by atoms with Gasteiger partial charge in [0.2, 0.25) is 0 Å². The zero-order valence-corrected chi connectivity index (χ0v) is 23.0. The van der Waals surface area contributed by atoms with Crippen molar-refractivity contribution in [2.24, 2.45) is 5.92 Å². The molecule has 1 saturated carbocycles. The number of nitrogens with one attached hydrogen (secondary N) is 3. The van der Waals surface area contributed by atoms with E-state index in [9.17, 15) is 14.0 Å². The molecule has 0 spiro atoms. The molecule has 2 aliphatic rings. The molecule has 1 aliphatic heterocycles. The Bertz CT molecular complexity index is 1270. The first-order valence-corrected chi connectivity index (χ1v) is 14.6. The van der Waals surface area contributed by atoms with Gasteiger partial charge in [-0.2, -0.15) is 0 Å². The van der Waals surface area contributed by atoms with Gasteiger partial charge in [-0.3, -0.25) is 4.79 Å². The molecular weight excluding hydrogens is 503 g/mol. The summed E-state index contributed by atoms with van der Waals surface area (Å²) < 4.78 is 13.3. The second-order valence-electron chi connectivity index (χ2n) is 11.1. The SMILES string of the molecule is O=C(Nc1ccc(N2CCC(Cc3ccccc3)CC2)c(C(=O)NCc2ccc(F)cc2)c1)NC1CCCCC1. The van der Waals surface area contributed by atoms with E-state index in [2.05, 4.69) is 45.1 Å². The average molecular weight is 543 g/mol. The van der Waals surface area contributed by atoms with Gasteiger partial charge in [0, 0.05) is 37.1 Å². The number of hydrogen-bond acceptors (Lipinski definition) is 3. The minimum atomic E-state index is -0.307. The quantitative estimate of drug-likeness (QED) is 0.298. The molecule has 210 valence electrons. The maximum atomic E-state index is 13.5. The number of anilines is 2. The lowest BCUT2D eigenvalue weighted by molar-refractivity contribution is 0.0951. The van der Waals surface area contributed by atoms with E-state index in [0.29, 0.717) is 17.2 Å². The first-order chi connectivity index (χ1) is 19.5. The number of amides is 3. The zero-order chi connectivity index (χ0) is 27.7. The molecular formula is C33H39FN4O2. The molecule has 40 heavy (non-hydrogen) atoms. The standard InChI is InChI=1S/C33H39FN4O2/c34-27-13-11-26(12-14-27)23-35-32(39)30-22-29(37-33(40)36-28-9-5-2-6-10-28)15-16-31(30)38-19-17-25(18-20-38)21-24-7-3-1-4-8-24/h1,3-4,7-8,11-16,22,25,28H,2,5-6,9-10,17-21,23H2,(H,35,39)(H2,36,37,40). The average Bonchev–Trinajstić information content (AvgIpc) is 2.98. The van der Waals surface area contributed by atoms with Gasteiger partial charge in [0.25, 0.3) is 5.91 Å². The van der Waals surface area contributed by atoms with E-state index in [4.69, 9.17) is 0 Å². The Morgan fingerprint density at radius 2 is 1.55 bits per heavy atom. The number of halogens is 1. The van der Waals surface area contributed by atoms with E-state index in [1.165, 1.54) is 24.1 Å². The number of carbonyl (C=O) groups is 2. The minimum Gasteiger partial charge on any atom is -0.371 e. The highest BCUT2D eigenvalue weighted by molar-refractivity contribution is 6.02. The van der Waals surface area contributed by atoms with Crippen molar-refractivity contribution in [3.63, 3.8) is 0 Å². The number of benzene rings is 3. The highest BCUT2D eigenvalue weighted by atomic mass is 19.1. The molecule has 5 rings (SSSR count). The summed E-state index contributed by atoms with van der Waals surface area (Å²) in [5, 5.41) is 9.00. The number of carbonyl (C=O) groups excluding carboxylic acids is 2. The van der Waals surface area contributed by atoms with Crippen LogP contribution in [0.5, 0.6) is 0 Å². The fourth-order valence-corrected chi connectivity index (χ4v) is 5.88. The molecule has 3 aromatic carbocycles. The highest BCUT2D eigenvalue weighted by Gasteiger charge is 2.24. The van der Waals surface area contributed by atoms with Crippen molar-refractivity contribution in [1.82, 2.24) is 10.6 Å². The molecule has 1 saturated heterocycles. The third-order valence-electron chi connectivity index (χ3n) is 8.13. The summed E-state index contributed by atoms with van der Waals surface area (Å²) in [7, 11) is 0. The van der Waals surface area contributed by atoms with Crippen LogP contribution in [0.1, 0.15) is 66.4 Å². The van der Waals surface area contributed by atoms with Gasteiger partial charge in [0.15, 0.2) is 0 Å². The zero-order valence-electron chi connectivity index (χ0n) is 23.0. The summed E-state index contributed by atoms with van der Waals surface area (Å²) in [6.07, 6.45) is 8.68. The van der Waals surface area contributed by atoms with Crippen LogP contribution in [0.4, 0.5) is 20.6 Å². The maximum absolute atomic E-state index is 13.5. The lowest BCUT2D eigenvalue weighted by Gasteiger charge is -2.35. The topological polar surface area (TPSA) is 73.5 Å². The van der Waals surface area contributed by atoms with Gasteiger partial charge in [-0.25, -0.2) is 9.18 Å². The number of urea groups is 1. The molecule has 0 radical (unpaired) electrons. The molecule has 1 heterocycles. The van der Waals surface area contributed by atoms with Crippen LogP contribution in [0.3, 0.4) is 0 Å². The van der Waals surface area contributed by atoms with Crippen molar-refractivity contribution in [2.75, 3.05) is 23.3 Å². The van der Waals surface area contributed by atoms with Crippen molar-refractivity contribution in [3.05, 3.63) is 95.3 Å². The Balaban J connectivity index is 1.28. The summed E-state index contributed by atoms with van der Waals surface area (Å²) in [6.45, 7) is 2.02. The van der Waals surface area contributed by atoms with Gasteiger partial charge in [-0.15, -0.1) is 0 Å². The van der Waals surface area contributed by atoms with Crippen LogP contribution in [-0.2, 0) is 13.0 Å². The van der Waals surface area contributed by atoms with Crippen molar-refractivity contribution in [3.8, 4) is 0 Å². The fraction of sp³-hybridized carbons (Fsp3) is 0.394. The highest BCUT2D eigenvalue weighted by Crippen LogP contribution is 2.30. The summed E-state index contributed by atoms with van der Waals surface area (Å²) in [4.78, 5) is 28.5. The molecule has 1 aliphatic carbocycles. The predicted octanol–water partition coefficient (Wildman–Crippen LogP) is 6.67. The molecule has 6 nitrogen and oxygen atoms in total. The Labute approximate surface area is 236 Å². The van der Waals surface area contributed by atoms with Gasteiger partial charge >= 0.3 is 6.03 Å². The second kappa shape index (κ2) is 13.5. The number of piperidine rings is 1. The summed E-state index contributed by atoms with van der Waals surface area (Å²) >= 11 is 0. The Kier molecular flexibility index (Phi) is 9.32. The minimum absolute atomic E-state index is 0.198. The van der Waals surface area contributed by atoms with Gasteiger partial charge in [-0.1, -0.05) is 61.7 Å². The monoisotopic (exact) mass is 542 g/mol. The summed E-state index contributed by atoms with van der Waals surface area (Å²) in [6, 6.07) is 22.3. The normalized spacial score (nSPS) is 16.4. The van der Waals surface area contributed by atoms with E-state index >= 15 is 0 Å². The molecule has 7 heteroatoms. The van der Waals surface area contributed by atoms with E-state index in [0.717, 1.165) is 69.3 Å². The van der Waals surface area contributed by atoms with Gasteiger partial charge < -0.3 is 20.9 Å². The lowest BCUT2D eigenvalue weighted by Crippen LogP contribution is -2.39. The smallest absolute Gasteiger partial charge is 0.319 e. The van der Waals surface area contributed by atoms with Gasteiger partial charge in [0.05, 0.1) is 5.56 Å². The number of rotatable bonds is 8. The number of nitrogens with zero attached hydrogens (tertiary/aromatic N) is 1. The summed E-state index contributed by atoms with van der Waals surface area (Å²) in [5.41, 5.74) is 4.16. The van der Waals surface area contributed by atoms with Crippen LogP contribution in [0.2, 0.25) is 0 Å². The molecule has 3 amide bonds. The van der Waals surface area contributed by atoms with E-state index in [1.807, 2.05) is 18.2 Å². The predicted molar refractivity (Wildman–Crippen MR) is 158 cm³/mol. The lowest BCUT2D eigenvalue weighted by atomic mass is 9.89. The van der Waals surface area contributed by atoms with E-state index in [1.54, 1.807) is 18.2 Å². The maximum Gasteiger partial charge on any atom is 0.319 e. The van der Waals surface area contributed by atoms with Gasteiger partial charge in [0.1, 0.15) is 5.82 Å². The Morgan fingerprint density at radius 3 is 2.27 bits per heavy atom. The molecule has 0 unspecified atom stereocenters. The third kappa shape index (κ3) is 7.62. The van der Waals surface area contributed by atoms with E-state index < -0.39 is 0 Å². The van der Waals surface area contributed by atoms with Crippen molar-refractivity contribution < 1.29 is 14.0 Å². The summed E-state index contributed by atoms with van der Waals surface area (Å²) in [5.74, 6) is 0.0826. The van der Waals surface area contributed by atoms with Crippen molar-refractivity contribution >= 4 is 23.3 Å². The van der Waals surface area contributed by atoms with Crippen LogP contribution in [0.25, 0.3) is 0 Å². The largest absolute Gasteiger partial charge is 0.371 e. The first kappa shape index (κ1) is 27.7. The molecule has 3 aromatic rings. The molecule has 3 N–H and O–H groups in total. The van der Waals surface area contributed by atoms with Crippen LogP contribution in [0, 0.1) is 11.7 Å². The number of hydrogen-bond donors (Lipinski definition) is 3. The van der Waals surface area contributed by atoms with E-state index in [-0.39, 0.29) is 30.3 Å². The first-order valence-electron chi connectivity index (χ1n) is 14.6. The molecule has 0 atom stereocenters. The van der Waals surface area contributed by atoms with Crippen molar-refractivity contribution in [2.45, 2.75) is 64.0 Å². The van der Waals surface area contributed by atoms with Crippen LogP contribution < -0.4 is 20.9 Å². The second-order valence-corrected chi connectivity index (χ2v) is 11.1. The van der Waals surface area contributed by atoms with Crippen LogP contribution in [-0.4, -0.2) is 31.1 Å². The third-order valence-corrected chi connectivity index (χ3v) is 8.13. The Hall–Kier alpha value is -3.87. The molecule has 2 fully saturated rings. The van der Waals surface area contributed by atoms with Gasteiger partial charge in [-0.05, 0) is 79.5 Å². The Morgan fingerprint density at radius 1 is 0.825 bits per heavy atom. The molecule has 0 bridgehead atoms. The van der Waals surface area contributed by atoms with Crippen LogP contribution >= 0.6 is 0 Å². The fourth-order valence-electron chi connectivity index (χ4n) is 5.88.